The largest absolute Gasteiger partial charge is 0.375 e. The average molecular weight is 270 g/mol. The van der Waals surface area contributed by atoms with Crippen LogP contribution >= 0.6 is 0 Å². The first kappa shape index (κ1) is 20.3. The predicted molar refractivity (Wildman–Crippen MR) is 85.1 cm³/mol. The van der Waals surface area contributed by atoms with Gasteiger partial charge in [-0.15, -0.1) is 0 Å². The quantitative estimate of drug-likeness (QED) is 0.625. The molecule has 3 heteroatoms. The van der Waals surface area contributed by atoms with Crippen LogP contribution in [-0.2, 0) is 4.79 Å². The van der Waals surface area contributed by atoms with Crippen LogP contribution in [0, 0.1) is 5.41 Å². The van der Waals surface area contributed by atoms with E-state index in [1.54, 1.807) is 0 Å². The first-order valence-electron chi connectivity index (χ1n) is 7.51. The fraction of sp³-hybridized carbons (Fsp3) is 0.812. The van der Waals surface area contributed by atoms with E-state index >= 15 is 0 Å². The summed E-state index contributed by atoms with van der Waals surface area (Å²) < 4.78 is 0. The highest BCUT2D eigenvalue weighted by Crippen LogP contribution is 2.18. The second kappa shape index (κ2) is 12.1. The average Bonchev–Trinajstić information content (AvgIpc) is 2.38. The molecule has 114 valence electrons. The van der Waals surface area contributed by atoms with Gasteiger partial charge in [-0.2, -0.15) is 0 Å². The number of rotatable bonds is 9. The number of ketones is 1. The Morgan fingerprint density at radius 2 is 1.58 bits per heavy atom. The van der Waals surface area contributed by atoms with Crippen molar-refractivity contribution in [2.75, 3.05) is 13.6 Å². The molecule has 0 heterocycles. The third-order valence-corrected chi connectivity index (χ3v) is 2.81. The molecule has 0 aromatic heterocycles. The molecule has 0 saturated heterocycles. The number of nitrogens with one attached hydrogen (secondary N) is 2. The third kappa shape index (κ3) is 13.2. The van der Waals surface area contributed by atoms with Gasteiger partial charge in [-0.3, -0.25) is 4.79 Å². The summed E-state index contributed by atoms with van der Waals surface area (Å²) in [6, 6.07) is 0. The summed E-state index contributed by atoms with van der Waals surface area (Å²) in [4.78, 5) is 11.6. The Morgan fingerprint density at radius 1 is 1.05 bits per heavy atom. The van der Waals surface area contributed by atoms with Crippen LogP contribution in [0.2, 0.25) is 0 Å². The number of carbonyl (C=O) groups is 1. The molecule has 0 bridgehead atoms. The van der Waals surface area contributed by atoms with Crippen LogP contribution < -0.4 is 10.6 Å². The number of hydrogen-bond donors (Lipinski definition) is 2. The second-order valence-corrected chi connectivity index (χ2v) is 5.49. The monoisotopic (exact) mass is 270 g/mol. The molecule has 0 atom stereocenters. The molecule has 0 spiro atoms. The van der Waals surface area contributed by atoms with Gasteiger partial charge in [0.25, 0.3) is 0 Å². The minimum absolute atomic E-state index is 0.175. The van der Waals surface area contributed by atoms with Crippen molar-refractivity contribution in [3.05, 3.63) is 12.4 Å². The van der Waals surface area contributed by atoms with Crippen molar-refractivity contribution in [3.8, 4) is 0 Å². The minimum Gasteiger partial charge on any atom is -0.375 e. The van der Waals surface area contributed by atoms with Crippen LogP contribution in [0.15, 0.2) is 12.4 Å². The van der Waals surface area contributed by atoms with E-state index in [0.717, 1.165) is 38.0 Å². The van der Waals surface area contributed by atoms with Crippen LogP contribution in [0.4, 0.5) is 0 Å². The van der Waals surface area contributed by atoms with Crippen LogP contribution in [0.1, 0.15) is 66.7 Å². The summed E-state index contributed by atoms with van der Waals surface area (Å²) >= 11 is 0. The number of Topliss-reactive ketones (excluding diaryl/α,β-unsaturated/α-hetero) is 1. The van der Waals surface area contributed by atoms with Crippen LogP contribution in [0.25, 0.3) is 0 Å². The summed E-state index contributed by atoms with van der Waals surface area (Å²) in [6.07, 6.45) is 5.17. The topological polar surface area (TPSA) is 41.1 Å². The number of carbonyl (C=O) groups excluding carboxylic acids is 1. The SMILES string of the molecule is C=C(NC)NCCCCCCC(=O)C(C)(C)C.CC. The molecule has 3 nitrogen and oxygen atoms in total. The molecule has 0 aliphatic carbocycles. The highest BCUT2D eigenvalue weighted by atomic mass is 16.1. The lowest BCUT2D eigenvalue weighted by Gasteiger charge is -2.16. The Kier molecular flexibility index (Phi) is 12.9. The van der Waals surface area contributed by atoms with Crippen molar-refractivity contribution in [3.63, 3.8) is 0 Å². The van der Waals surface area contributed by atoms with Gasteiger partial charge in [0.15, 0.2) is 0 Å². The van der Waals surface area contributed by atoms with Gasteiger partial charge in [-0.25, -0.2) is 0 Å². The summed E-state index contributed by atoms with van der Waals surface area (Å²) in [6.45, 7) is 14.7. The standard InChI is InChI=1S/C14H28N2O.C2H6/c1-12(15-5)16-11-9-7-6-8-10-13(17)14(2,3)4;1-2/h15-16H,1,6-11H2,2-5H3;1-2H3. The Morgan fingerprint density at radius 3 is 2.05 bits per heavy atom. The fourth-order valence-corrected chi connectivity index (χ4v) is 1.47. The van der Waals surface area contributed by atoms with E-state index in [1.165, 1.54) is 6.42 Å². The van der Waals surface area contributed by atoms with Gasteiger partial charge in [0.05, 0.1) is 5.82 Å². The lowest BCUT2D eigenvalue weighted by molar-refractivity contribution is -0.126. The zero-order chi connectivity index (χ0) is 15.3. The molecule has 0 rings (SSSR count). The normalized spacial score (nSPS) is 10.2. The van der Waals surface area contributed by atoms with Gasteiger partial charge in [0.1, 0.15) is 5.78 Å². The smallest absolute Gasteiger partial charge is 0.138 e. The molecule has 0 aromatic carbocycles. The summed E-state index contributed by atoms with van der Waals surface area (Å²) in [5.74, 6) is 1.24. The van der Waals surface area contributed by atoms with E-state index in [0.29, 0.717) is 5.78 Å². The van der Waals surface area contributed by atoms with Crippen molar-refractivity contribution < 1.29 is 4.79 Å². The van der Waals surface area contributed by atoms with Gasteiger partial charge < -0.3 is 10.6 Å². The van der Waals surface area contributed by atoms with Crippen molar-refractivity contribution >= 4 is 5.78 Å². The van der Waals surface area contributed by atoms with Crippen LogP contribution in [0.3, 0.4) is 0 Å². The summed E-state index contributed by atoms with van der Waals surface area (Å²) in [5.41, 5.74) is -0.175. The Labute approximate surface area is 120 Å². The van der Waals surface area contributed by atoms with E-state index in [-0.39, 0.29) is 5.41 Å². The zero-order valence-corrected chi connectivity index (χ0v) is 13.9. The van der Waals surface area contributed by atoms with Crippen molar-refractivity contribution in [1.82, 2.24) is 10.6 Å². The highest BCUT2D eigenvalue weighted by molar-refractivity contribution is 5.83. The summed E-state index contributed by atoms with van der Waals surface area (Å²) in [5, 5.41) is 6.13. The fourth-order valence-electron chi connectivity index (χ4n) is 1.47. The highest BCUT2D eigenvalue weighted by Gasteiger charge is 2.19. The first-order valence-corrected chi connectivity index (χ1v) is 7.51. The van der Waals surface area contributed by atoms with Gasteiger partial charge >= 0.3 is 0 Å². The molecule has 19 heavy (non-hydrogen) atoms. The van der Waals surface area contributed by atoms with E-state index in [4.69, 9.17) is 0 Å². The van der Waals surface area contributed by atoms with Crippen molar-refractivity contribution in [2.24, 2.45) is 5.41 Å². The van der Waals surface area contributed by atoms with Crippen LogP contribution in [-0.4, -0.2) is 19.4 Å². The molecule has 0 aliphatic rings. The molecule has 0 fully saturated rings. The van der Waals surface area contributed by atoms with Crippen molar-refractivity contribution in [2.45, 2.75) is 66.7 Å². The lowest BCUT2D eigenvalue weighted by atomic mass is 9.88. The Balaban J connectivity index is 0. The maximum absolute atomic E-state index is 11.6. The molecular formula is C16H34N2O. The molecule has 0 saturated carbocycles. The minimum atomic E-state index is -0.175. The Bertz CT molecular complexity index is 242. The molecule has 2 N–H and O–H groups in total. The van der Waals surface area contributed by atoms with Gasteiger partial charge in [-0.05, 0) is 12.8 Å². The van der Waals surface area contributed by atoms with Crippen molar-refractivity contribution in [1.29, 1.82) is 0 Å². The Hall–Kier alpha value is -0.990. The molecule has 0 unspecified atom stereocenters. The maximum Gasteiger partial charge on any atom is 0.138 e. The third-order valence-electron chi connectivity index (χ3n) is 2.81. The first-order chi connectivity index (χ1) is 8.88. The molecular weight excluding hydrogens is 236 g/mol. The van der Waals surface area contributed by atoms with Gasteiger partial charge in [0.2, 0.25) is 0 Å². The summed E-state index contributed by atoms with van der Waals surface area (Å²) in [7, 11) is 1.85. The molecule has 0 amide bonds. The second-order valence-electron chi connectivity index (χ2n) is 5.49. The van der Waals surface area contributed by atoms with Crippen LogP contribution in [0.5, 0.6) is 0 Å². The predicted octanol–water partition coefficient (Wildman–Crippen LogP) is 3.86. The lowest BCUT2D eigenvalue weighted by Crippen LogP contribution is -2.23. The van der Waals surface area contributed by atoms with E-state index in [2.05, 4.69) is 17.2 Å². The zero-order valence-electron chi connectivity index (χ0n) is 13.9. The van der Waals surface area contributed by atoms with Gasteiger partial charge in [0, 0.05) is 25.4 Å². The molecule has 0 aliphatic heterocycles. The molecule has 0 aromatic rings. The van der Waals surface area contributed by atoms with Gasteiger partial charge in [-0.1, -0.05) is 54.0 Å². The van der Waals surface area contributed by atoms with E-state index in [1.807, 2.05) is 41.7 Å². The van der Waals surface area contributed by atoms with E-state index < -0.39 is 0 Å². The maximum atomic E-state index is 11.6. The number of unbranched alkanes of at least 4 members (excludes halogenated alkanes) is 3. The van der Waals surface area contributed by atoms with E-state index in [9.17, 15) is 4.79 Å². The number of hydrogen-bond acceptors (Lipinski definition) is 3. The molecule has 0 radical (unpaired) electrons.